The molecular weight excluding hydrogens is 232 g/mol. The van der Waals surface area contributed by atoms with E-state index >= 15 is 0 Å². The Morgan fingerprint density at radius 2 is 1.79 bits per heavy atom. The molecule has 0 aliphatic rings. The zero-order chi connectivity index (χ0) is 13.5. The average molecular weight is 258 g/mol. The van der Waals surface area contributed by atoms with Gasteiger partial charge in [-0.15, -0.1) is 0 Å². The lowest BCUT2D eigenvalue weighted by atomic mass is 9.97. The minimum absolute atomic E-state index is 0.582. The molecule has 0 saturated heterocycles. The third-order valence-corrected chi connectivity index (χ3v) is 3.97. The average Bonchev–Trinajstić information content (AvgIpc) is 2.86. The highest BCUT2D eigenvalue weighted by Gasteiger charge is 2.11. The van der Waals surface area contributed by atoms with Gasteiger partial charge in [-0.2, -0.15) is 5.10 Å². The van der Waals surface area contributed by atoms with Gasteiger partial charge in [0.1, 0.15) is 0 Å². The molecule has 2 rings (SSSR count). The van der Waals surface area contributed by atoms with E-state index in [0.717, 1.165) is 5.52 Å². The fraction of sp³-hybridized carbons (Fsp3) is 0.588. The number of unbranched alkanes of at least 4 members (excludes halogenated alkanes) is 5. The van der Waals surface area contributed by atoms with Gasteiger partial charge in [0, 0.05) is 11.1 Å². The molecule has 2 heteroatoms. The molecule has 0 spiro atoms. The minimum atomic E-state index is 0.582. The zero-order valence-electron chi connectivity index (χ0n) is 12.3. The highest BCUT2D eigenvalue weighted by atomic mass is 15.1. The first-order chi connectivity index (χ1) is 9.33. The van der Waals surface area contributed by atoms with Gasteiger partial charge in [-0.3, -0.25) is 5.10 Å². The maximum atomic E-state index is 4.38. The quantitative estimate of drug-likeness (QED) is 0.629. The Hall–Kier alpha value is -1.31. The number of aromatic amines is 1. The molecule has 1 N–H and O–H groups in total. The predicted octanol–water partition coefficient (Wildman–Crippen LogP) is 5.42. The van der Waals surface area contributed by atoms with Crippen LogP contribution in [0.3, 0.4) is 0 Å². The second kappa shape index (κ2) is 7.32. The van der Waals surface area contributed by atoms with Crippen LogP contribution < -0.4 is 0 Å². The molecule has 0 bridgehead atoms. The highest BCUT2D eigenvalue weighted by Crippen LogP contribution is 2.26. The summed E-state index contributed by atoms with van der Waals surface area (Å²) in [6.45, 7) is 4.58. The summed E-state index contributed by atoms with van der Waals surface area (Å²) in [5.74, 6) is 0.582. The van der Waals surface area contributed by atoms with Crippen molar-refractivity contribution < 1.29 is 0 Å². The lowest BCUT2D eigenvalue weighted by Gasteiger charge is -2.09. The van der Waals surface area contributed by atoms with Crippen LogP contribution in [0.15, 0.2) is 24.3 Å². The lowest BCUT2D eigenvalue weighted by molar-refractivity contribution is 0.552. The Balaban J connectivity index is 1.81. The minimum Gasteiger partial charge on any atom is -0.281 e. The van der Waals surface area contributed by atoms with Crippen LogP contribution in [0.1, 0.15) is 70.4 Å². The number of benzene rings is 1. The van der Waals surface area contributed by atoms with E-state index < -0.39 is 0 Å². The molecule has 1 aromatic carbocycles. The summed E-state index contributed by atoms with van der Waals surface area (Å²) in [5, 5.41) is 8.90. The van der Waals surface area contributed by atoms with Crippen LogP contribution in [0.25, 0.3) is 10.9 Å². The van der Waals surface area contributed by atoms with Crippen molar-refractivity contribution >= 4 is 10.9 Å². The van der Waals surface area contributed by atoms with Gasteiger partial charge in [0.05, 0.1) is 5.52 Å². The van der Waals surface area contributed by atoms with Crippen LogP contribution in [0, 0.1) is 0 Å². The summed E-state index contributed by atoms with van der Waals surface area (Å²) in [7, 11) is 0. The van der Waals surface area contributed by atoms with E-state index in [1.165, 1.54) is 56.0 Å². The van der Waals surface area contributed by atoms with Crippen LogP contribution in [0.5, 0.6) is 0 Å². The summed E-state index contributed by atoms with van der Waals surface area (Å²) in [6, 6.07) is 8.39. The van der Waals surface area contributed by atoms with E-state index in [9.17, 15) is 0 Å². The van der Waals surface area contributed by atoms with Gasteiger partial charge in [0.25, 0.3) is 0 Å². The SMILES string of the molecule is CCCCCCCCC(C)c1[nH]nc2ccccc12. The molecule has 19 heavy (non-hydrogen) atoms. The highest BCUT2D eigenvalue weighted by molar-refractivity contribution is 5.81. The smallest absolute Gasteiger partial charge is 0.0923 e. The molecule has 0 saturated carbocycles. The van der Waals surface area contributed by atoms with Crippen molar-refractivity contribution in [1.29, 1.82) is 0 Å². The fourth-order valence-corrected chi connectivity index (χ4v) is 2.73. The van der Waals surface area contributed by atoms with Crippen molar-refractivity contribution in [3.05, 3.63) is 30.0 Å². The second-order valence-electron chi connectivity index (χ2n) is 5.61. The number of aromatic nitrogens is 2. The Morgan fingerprint density at radius 1 is 1.05 bits per heavy atom. The first-order valence-corrected chi connectivity index (χ1v) is 7.76. The van der Waals surface area contributed by atoms with E-state index in [0.29, 0.717) is 5.92 Å². The Kier molecular flexibility index (Phi) is 5.44. The summed E-state index contributed by atoms with van der Waals surface area (Å²) >= 11 is 0. The van der Waals surface area contributed by atoms with Crippen LogP contribution in [-0.2, 0) is 0 Å². The third kappa shape index (κ3) is 3.82. The van der Waals surface area contributed by atoms with Crippen molar-refractivity contribution in [1.82, 2.24) is 10.2 Å². The molecule has 1 aromatic heterocycles. The van der Waals surface area contributed by atoms with E-state index in [1.54, 1.807) is 0 Å². The molecule has 1 heterocycles. The van der Waals surface area contributed by atoms with Gasteiger partial charge in [0.15, 0.2) is 0 Å². The molecule has 1 unspecified atom stereocenters. The third-order valence-electron chi connectivity index (χ3n) is 3.97. The van der Waals surface area contributed by atoms with E-state index in [4.69, 9.17) is 0 Å². The number of para-hydroxylation sites is 1. The maximum absolute atomic E-state index is 4.38. The zero-order valence-corrected chi connectivity index (χ0v) is 12.3. The largest absolute Gasteiger partial charge is 0.281 e. The van der Waals surface area contributed by atoms with Crippen molar-refractivity contribution in [2.24, 2.45) is 0 Å². The molecule has 2 nitrogen and oxygen atoms in total. The normalized spacial score (nSPS) is 12.9. The monoisotopic (exact) mass is 258 g/mol. The molecule has 0 fully saturated rings. The maximum Gasteiger partial charge on any atom is 0.0923 e. The van der Waals surface area contributed by atoms with E-state index in [1.807, 2.05) is 6.07 Å². The number of nitrogens with one attached hydrogen (secondary N) is 1. The topological polar surface area (TPSA) is 28.7 Å². The first kappa shape index (κ1) is 14.1. The fourth-order valence-electron chi connectivity index (χ4n) is 2.73. The molecule has 0 aliphatic heterocycles. The summed E-state index contributed by atoms with van der Waals surface area (Å²) in [6.07, 6.45) is 9.48. The summed E-state index contributed by atoms with van der Waals surface area (Å²) in [5.41, 5.74) is 2.40. The Bertz CT molecular complexity index is 487. The Morgan fingerprint density at radius 3 is 2.63 bits per heavy atom. The van der Waals surface area contributed by atoms with Gasteiger partial charge < -0.3 is 0 Å². The molecule has 2 aromatic rings. The van der Waals surface area contributed by atoms with E-state index in [2.05, 4.69) is 42.2 Å². The van der Waals surface area contributed by atoms with Gasteiger partial charge in [-0.1, -0.05) is 70.6 Å². The summed E-state index contributed by atoms with van der Waals surface area (Å²) in [4.78, 5) is 0. The van der Waals surface area contributed by atoms with Gasteiger partial charge in [-0.05, 0) is 18.4 Å². The van der Waals surface area contributed by atoms with Crippen LogP contribution >= 0.6 is 0 Å². The van der Waals surface area contributed by atoms with Crippen molar-refractivity contribution in [2.45, 2.75) is 64.7 Å². The number of H-pyrrole nitrogens is 1. The Labute approximate surface area is 116 Å². The summed E-state index contributed by atoms with van der Waals surface area (Å²) < 4.78 is 0. The van der Waals surface area contributed by atoms with Gasteiger partial charge in [0.2, 0.25) is 0 Å². The molecule has 0 aliphatic carbocycles. The van der Waals surface area contributed by atoms with Crippen molar-refractivity contribution in [3.8, 4) is 0 Å². The van der Waals surface area contributed by atoms with Crippen LogP contribution in [0.4, 0.5) is 0 Å². The standard InChI is InChI=1S/C17H26N2/c1-3-4-5-6-7-8-11-14(2)17-15-12-9-10-13-16(15)18-19-17/h9-10,12-14H,3-8,11H2,1-2H3,(H,18,19). The number of hydrogen-bond acceptors (Lipinski definition) is 1. The van der Waals surface area contributed by atoms with Crippen LogP contribution in [-0.4, -0.2) is 10.2 Å². The molecular formula is C17H26N2. The molecule has 104 valence electrons. The van der Waals surface area contributed by atoms with Crippen molar-refractivity contribution in [2.75, 3.05) is 0 Å². The van der Waals surface area contributed by atoms with E-state index in [-0.39, 0.29) is 0 Å². The number of rotatable bonds is 8. The van der Waals surface area contributed by atoms with Crippen molar-refractivity contribution in [3.63, 3.8) is 0 Å². The number of fused-ring (bicyclic) bond motifs is 1. The lowest BCUT2D eigenvalue weighted by Crippen LogP contribution is -1.95. The second-order valence-corrected chi connectivity index (χ2v) is 5.61. The predicted molar refractivity (Wildman–Crippen MR) is 82.5 cm³/mol. The van der Waals surface area contributed by atoms with Crippen LogP contribution in [0.2, 0.25) is 0 Å². The molecule has 1 atom stereocenters. The van der Waals surface area contributed by atoms with Gasteiger partial charge >= 0.3 is 0 Å². The first-order valence-electron chi connectivity index (χ1n) is 7.76. The molecule has 0 amide bonds. The molecule has 0 radical (unpaired) electrons. The number of hydrogen-bond donors (Lipinski definition) is 1. The van der Waals surface area contributed by atoms with Gasteiger partial charge in [-0.25, -0.2) is 0 Å². The number of nitrogens with zero attached hydrogens (tertiary/aromatic N) is 1.